The molecule has 3 N–H and O–H groups in total. The van der Waals surface area contributed by atoms with Crippen LogP contribution in [0.2, 0.25) is 0 Å². The Morgan fingerprint density at radius 2 is 2.20 bits per heavy atom. The van der Waals surface area contributed by atoms with Gasteiger partial charge in [-0.25, -0.2) is 23.5 Å². The minimum atomic E-state index is -2.74. The number of aromatic nitrogens is 2. The summed E-state index contributed by atoms with van der Waals surface area (Å²) in [7, 11) is 0. The van der Waals surface area contributed by atoms with Crippen LogP contribution in [0.1, 0.15) is 6.92 Å². The van der Waals surface area contributed by atoms with E-state index in [2.05, 4.69) is 15.2 Å². The van der Waals surface area contributed by atoms with Gasteiger partial charge in [-0.3, -0.25) is 4.79 Å². The van der Waals surface area contributed by atoms with E-state index >= 15 is 0 Å². The fourth-order valence-electron chi connectivity index (χ4n) is 3.75. The van der Waals surface area contributed by atoms with Gasteiger partial charge < -0.3 is 25.3 Å². The number of ether oxygens (including phenoxy) is 1. The van der Waals surface area contributed by atoms with Crippen LogP contribution >= 0.6 is 0 Å². The number of carbonyl (C=O) groups is 2. The average molecular weight is 420 g/mol. The molecule has 1 aromatic heterocycles. The van der Waals surface area contributed by atoms with Crippen molar-refractivity contribution < 1.29 is 23.1 Å². The van der Waals surface area contributed by atoms with E-state index in [-0.39, 0.29) is 19.0 Å². The van der Waals surface area contributed by atoms with E-state index in [0.717, 1.165) is 28.4 Å². The van der Waals surface area contributed by atoms with Crippen molar-refractivity contribution in [1.82, 2.24) is 9.55 Å². The first-order valence-electron chi connectivity index (χ1n) is 9.62. The number of imidazole rings is 1. The van der Waals surface area contributed by atoms with E-state index in [0.29, 0.717) is 18.9 Å². The highest BCUT2D eigenvalue weighted by molar-refractivity contribution is 5.90. The molecule has 1 aromatic carbocycles. The molecule has 11 heteroatoms. The zero-order valence-corrected chi connectivity index (χ0v) is 16.3. The molecule has 1 saturated heterocycles. The molecule has 0 saturated carbocycles. The predicted octanol–water partition coefficient (Wildman–Crippen LogP) is 1.88. The highest BCUT2D eigenvalue weighted by Crippen LogP contribution is 2.37. The number of alkyl halides is 2. The Bertz CT molecular complexity index is 979. The van der Waals surface area contributed by atoms with Crippen LogP contribution in [0.5, 0.6) is 0 Å². The molecule has 9 nitrogen and oxygen atoms in total. The second kappa shape index (κ2) is 7.81. The van der Waals surface area contributed by atoms with Crippen molar-refractivity contribution in [3.8, 4) is 11.4 Å². The summed E-state index contributed by atoms with van der Waals surface area (Å²) in [4.78, 5) is 30.7. The maximum Gasteiger partial charge on any atom is 0.416 e. The molecular weight excluding hydrogens is 398 g/mol. The van der Waals surface area contributed by atoms with Crippen molar-refractivity contribution >= 4 is 29.2 Å². The van der Waals surface area contributed by atoms with Crippen molar-refractivity contribution in [2.75, 3.05) is 41.4 Å². The van der Waals surface area contributed by atoms with Crippen LogP contribution < -0.4 is 20.9 Å². The molecule has 0 spiro atoms. The van der Waals surface area contributed by atoms with Crippen molar-refractivity contribution in [2.24, 2.45) is 5.73 Å². The number of nitrogens with one attached hydrogen (secondary N) is 1. The molecule has 0 bridgehead atoms. The van der Waals surface area contributed by atoms with Crippen molar-refractivity contribution in [3.63, 3.8) is 0 Å². The number of fused-ring (bicyclic) bond motifs is 3. The van der Waals surface area contributed by atoms with E-state index in [1.165, 1.54) is 0 Å². The first-order valence-corrected chi connectivity index (χ1v) is 9.62. The second-order valence-corrected chi connectivity index (χ2v) is 7.10. The van der Waals surface area contributed by atoms with Crippen LogP contribution in [-0.4, -0.2) is 60.3 Å². The second-order valence-electron chi connectivity index (χ2n) is 7.10. The number of benzene rings is 1. The van der Waals surface area contributed by atoms with Crippen LogP contribution in [0.15, 0.2) is 24.4 Å². The summed E-state index contributed by atoms with van der Waals surface area (Å²) in [5, 5.41) is 2.98. The van der Waals surface area contributed by atoms with Gasteiger partial charge in [-0.2, -0.15) is 0 Å². The Balaban J connectivity index is 1.74. The fourth-order valence-corrected chi connectivity index (χ4v) is 3.75. The Labute approximate surface area is 171 Å². The molecule has 3 heterocycles. The van der Waals surface area contributed by atoms with Crippen molar-refractivity contribution in [1.29, 1.82) is 0 Å². The zero-order valence-electron chi connectivity index (χ0n) is 16.3. The fraction of sp³-hybridized carbons (Fsp3) is 0.421. The number of amides is 2. The molecule has 2 aliphatic rings. The predicted molar refractivity (Wildman–Crippen MR) is 107 cm³/mol. The van der Waals surface area contributed by atoms with Gasteiger partial charge in [0.05, 0.1) is 6.54 Å². The van der Waals surface area contributed by atoms with Gasteiger partial charge in [0.2, 0.25) is 5.91 Å². The van der Waals surface area contributed by atoms with E-state index in [4.69, 9.17) is 10.5 Å². The third kappa shape index (κ3) is 3.51. The SMILES string of the molecule is CCN1CCn2cc(N3C(=O)OCC3C(F)F)nc2-c2ccc(NCC(N)=O)cc21. The van der Waals surface area contributed by atoms with Crippen LogP contribution in [0, 0.1) is 0 Å². The number of hydrogen-bond acceptors (Lipinski definition) is 6. The number of nitrogens with zero attached hydrogens (tertiary/aromatic N) is 4. The number of anilines is 3. The summed E-state index contributed by atoms with van der Waals surface area (Å²) in [6, 6.07) is 4.19. The summed E-state index contributed by atoms with van der Waals surface area (Å²) in [5.41, 5.74) is 7.62. The quantitative estimate of drug-likeness (QED) is 0.739. The van der Waals surface area contributed by atoms with Gasteiger partial charge in [-0.15, -0.1) is 0 Å². The Morgan fingerprint density at radius 1 is 1.40 bits per heavy atom. The summed E-state index contributed by atoms with van der Waals surface area (Å²) in [6.07, 6.45) is -1.95. The third-order valence-corrected chi connectivity index (χ3v) is 5.25. The number of likely N-dealkylation sites (N-methyl/N-ethyl adjacent to an activating group) is 1. The van der Waals surface area contributed by atoms with Gasteiger partial charge in [-0.1, -0.05) is 0 Å². The molecular formula is C19H22F2N6O3. The number of rotatable bonds is 6. The summed E-state index contributed by atoms with van der Waals surface area (Å²) >= 11 is 0. The molecule has 2 aliphatic heterocycles. The number of primary amides is 1. The zero-order chi connectivity index (χ0) is 21.4. The average Bonchev–Trinajstić information content (AvgIpc) is 3.27. The van der Waals surface area contributed by atoms with E-state index in [1.807, 2.05) is 23.6 Å². The Kier molecular flexibility index (Phi) is 5.18. The van der Waals surface area contributed by atoms with E-state index < -0.39 is 24.5 Å². The van der Waals surface area contributed by atoms with Crippen LogP contribution in [0.25, 0.3) is 11.4 Å². The molecule has 0 aliphatic carbocycles. The van der Waals surface area contributed by atoms with Gasteiger partial charge in [0.25, 0.3) is 6.43 Å². The minimum Gasteiger partial charge on any atom is -0.447 e. The number of hydrogen-bond donors (Lipinski definition) is 2. The summed E-state index contributed by atoms with van der Waals surface area (Å²) in [6.45, 7) is 3.64. The molecule has 2 amide bonds. The highest BCUT2D eigenvalue weighted by atomic mass is 19.3. The molecule has 0 radical (unpaired) electrons. The summed E-state index contributed by atoms with van der Waals surface area (Å²) < 4.78 is 33.4. The lowest BCUT2D eigenvalue weighted by atomic mass is 10.1. The molecule has 30 heavy (non-hydrogen) atoms. The summed E-state index contributed by atoms with van der Waals surface area (Å²) in [5.74, 6) is 0.248. The number of cyclic esters (lactones) is 1. The smallest absolute Gasteiger partial charge is 0.416 e. The Hall–Kier alpha value is -3.37. The third-order valence-electron chi connectivity index (χ3n) is 5.25. The first-order chi connectivity index (χ1) is 14.4. The van der Waals surface area contributed by atoms with Crippen LogP contribution in [-0.2, 0) is 16.1 Å². The lowest BCUT2D eigenvalue weighted by Gasteiger charge is -2.23. The normalized spacial score (nSPS) is 18.1. The largest absolute Gasteiger partial charge is 0.447 e. The van der Waals surface area contributed by atoms with E-state index in [9.17, 15) is 18.4 Å². The van der Waals surface area contributed by atoms with Gasteiger partial charge in [-0.05, 0) is 25.1 Å². The number of halogens is 2. The standard InChI is InChI=1S/C19H22F2N6O3/c1-2-25-5-6-26-9-16(27-14(17(20)21)10-30-19(27)29)24-18(26)12-4-3-11(7-13(12)25)23-8-15(22)28/h3-4,7,9,14,17,23H,2,5-6,8,10H2,1H3,(H2,22,28). The molecule has 160 valence electrons. The van der Waals surface area contributed by atoms with Crippen LogP contribution in [0.3, 0.4) is 0 Å². The monoisotopic (exact) mass is 420 g/mol. The lowest BCUT2D eigenvalue weighted by Crippen LogP contribution is -2.38. The Morgan fingerprint density at radius 3 is 2.90 bits per heavy atom. The number of carbonyl (C=O) groups excluding carboxylic acids is 2. The van der Waals surface area contributed by atoms with Gasteiger partial charge >= 0.3 is 6.09 Å². The maximum absolute atomic E-state index is 13.4. The lowest BCUT2D eigenvalue weighted by molar-refractivity contribution is -0.116. The van der Waals surface area contributed by atoms with Gasteiger partial charge in [0, 0.05) is 42.8 Å². The number of nitrogens with two attached hydrogens (primary N) is 1. The maximum atomic E-state index is 13.4. The molecule has 2 aromatic rings. The first kappa shape index (κ1) is 19.9. The molecule has 1 atom stereocenters. The molecule has 4 rings (SSSR count). The highest BCUT2D eigenvalue weighted by Gasteiger charge is 2.42. The van der Waals surface area contributed by atoms with E-state index in [1.54, 1.807) is 12.3 Å². The minimum absolute atomic E-state index is 0.00970. The topological polar surface area (TPSA) is 106 Å². The molecule has 1 fully saturated rings. The van der Waals surface area contributed by atoms with Crippen molar-refractivity contribution in [3.05, 3.63) is 24.4 Å². The van der Waals surface area contributed by atoms with Gasteiger partial charge in [0.1, 0.15) is 18.5 Å². The van der Waals surface area contributed by atoms with Crippen LogP contribution in [0.4, 0.5) is 30.8 Å². The van der Waals surface area contributed by atoms with Gasteiger partial charge in [0.15, 0.2) is 5.82 Å². The van der Waals surface area contributed by atoms with Crippen molar-refractivity contribution in [2.45, 2.75) is 25.9 Å². The molecule has 1 unspecified atom stereocenters.